The van der Waals surface area contributed by atoms with Gasteiger partial charge in [0.25, 0.3) is 0 Å². The van der Waals surface area contributed by atoms with Gasteiger partial charge in [-0.25, -0.2) is 4.39 Å². The van der Waals surface area contributed by atoms with Crippen molar-refractivity contribution >= 4 is 0 Å². The predicted molar refractivity (Wildman–Crippen MR) is 92.0 cm³/mol. The molecule has 1 heterocycles. The Morgan fingerprint density at radius 3 is 2.35 bits per heavy atom. The summed E-state index contributed by atoms with van der Waals surface area (Å²) >= 11 is 0. The van der Waals surface area contributed by atoms with Crippen molar-refractivity contribution in [1.82, 2.24) is 4.57 Å². The van der Waals surface area contributed by atoms with Gasteiger partial charge in [0.2, 0.25) is 0 Å². The lowest BCUT2D eigenvalue weighted by molar-refractivity contribution is 0.278. The molecule has 1 saturated carbocycles. The molecule has 2 aromatic rings. The minimum absolute atomic E-state index is 0.0277. The van der Waals surface area contributed by atoms with Crippen molar-refractivity contribution in [3.8, 4) is 11.1 Å². The lowest BCUT2D eigenvalue weighted by Crippen LogP contribution is -2.15. The predicted octanol–water partition coefficient (Wildman–Crippen LogP) is 5.42. The summed E-state index contributed by atoms with van der Waals surface area (Å²) in [6.07, 6.45) is 8.49. The highest BCUT2D eigenvalue weighted by molar-refractivity contribution is 5.68. The fourth-order valence-electron chi connectivity index (χ4n) is 3.93. The fourth-order valence-corrected chi connectivity index (χ4v) is 3.93. The molecule has 0 atom stereocenters. The monoisotopic (exact) mass is 315 g/mol. The third-order valence-electron chi connectivity index (χ3n) is 5.01. The molecule has 3 rings (SSSR count). The molecule has 0 unspecified atom stereocenters. The lowest BCUT2D eigenvalue weighted by Gasteiger charge is -2.27. The Kier molecular flexibility index (Phi) is 4.86. The number of nitrogens with zero attached hydrogens (tertiary/aromatic N) is 1. The minimum Gasteiger partial charge on any atom is -0.392 e. The quantitative estimate of drug-likeness (QED) is 0.801. The van der Waals surface area contributed by atoms with Crippen LogP contribution in [0.1, 0.15) is 69.2 Å². The number of benzene rings is 1. The average molecular weight is 315 g/mol. The summed E-state index contributed by atoms with van der Waals surface area (Å²) in [4.78, 5) is 0. The number of halogens is 1. The summed E-state index contributed by atoms with van der Waals surface area (Å²) < 4.78 is 15.6. The van der Waals surface area contributed by atoms with Crippen molar-refractivity contribution in [2.24, 2.45) is 0 Å². The second-order valence-corrected chi connectivity index (χ2v) is 6.93. The largest absolute Gasteiger partial charge is 0.392 e. The van der Waals surface area contributed by atoms with Crippen LogP contribution >= 0.6 is 0 Å². The second-order valence-electron chi connectivity index (χ2n) is 6.93. The van der Waals surface area contributed by atoms with Crippen LogP contribution in [0.25, 0.3) is 11.1 Å². The summed E-state index contributed by atoms with van der Waals surface area (Å²) in [6, 6.07) is 7.12. The van der Waals surface area contributed by atoms with Crippen LogP contribution in [0.5, 0.6) is 0 Å². The molecule has 1 aromatic carbocycles. The van der Waals surface area contributed by atoms with Crippen LogP contribution in [0.4, 0.5) is 4.39 Å². The first-order chi connectivity index (χ1) is 11.1. The zero-order chi connectivity index (χ0) is 16.4. The molecule has 0 saturated heterocycles. The topological polar surface area (TPSA) is 25.2 Å². The Morgan fingerprint density at radius 1 is 1.13 bits per heavy atom. The summed E-state index contributed by atoms with van der Waals surface area (Å²) in [5, 5.41) is 9.99. The van der Waals surface area contributed by atoms with E-state index in [4.69, 9.17) is 0 Å². The number of hydrogen-bond acceptors (Lipinski definition) is 1. The summed E-state index contributed by atoms with van der Waals surface area (Å²) in [5.74, 6) is 0.128. The average Bonchev–Trinajstić information content (AvgIpc) is 2.96. The Morgan fingerprint density at radius 2 is 1.78 bits per heavy atom. The van der Waals surface area contributed by atoms with Crippen molar-refractivity contribution in [3.63, 3.8) is 0 Å². The smallest absolute Gasteiger partial charge is 0.123 e. The van der Waals surface area contributed by atoms with Crippen molar-refractivity contribution in [3.05, 3.63) is 47.5 Å². The van der Waals surface area contributed by atoms with Gasteiger partial charge in [-0.05, 0) is 36.5 Å². The highest BCUT2D eigenvalue weighted by Crippen LogP contribution is 2.38. The summed E-state index contributed by atoms with van der Waals surface area (Å²) in [5.41, 5.74) is 4.25. The number of aliphatic hydroxyl groups is 1. The van der Waals surface area contributed by atoms with E-state index in [9.17, 15) is 9.50 Å². The van der Waals surface area contributed by atoms with E-state index in [-0.39, 0.29) is 12.4 Å². The molecule has 2 nitrogen and oxygen atoms in total. The van der Waals surface area contributed by atoms with Gasteiger partial charge in [-0.3, -0.25) is 0 Å². The first-order valence-corrected chi connectivity index (χ1v) is 8.72. The molecule has 1 N–H and O–H groups in total. The maximum absolute atomic E-state index is 13.2. The zero-order valence-corrected chi connectivity index (χ0v) is 14.1. The lowest BCUT2D eigenvalue weighted by atomic mass is 9.94. The molecule has 1 aromatic heterocycles. The number of rotatable bonds is 4. The summed E-state index contributed by atoms with van der Waals surface area (Å²) in [7, 11) is 0. The number of aromatic nitrogens is 1. The van der Waals surface area contributed by atoms with Gasteiger partial charge in [0.15, 0.2) is 0 Å². The molecular weight excluding hydrogens is 289 g/mol. The van der Waals surface area contributed by atoms with Gasteiger partial charge in [-0.2, -0.15) is 0 Å². The van der Waals surface area contributed by atoms with Gasteiger partial charge >= 0.3 is 0 Å². The van der Waals surface area contributed by atoms with Gasteiger partial charge in [-0.15, -0.1) is 0 Å². The second kappa shape index (κ2) is 6.88. The molecule has 0 radical (unpaired) electrons. The van der Waals surface area contributed by atoms with E-state index >= 15 is 0 Å². The maximum Gasteiger partial charge on any atom is 0.123 e. The molecule has 0 amide bonds. The van der Waals surface area contributed by atoms with Gasteiger partial charge in [0.1, 0.15) is 5.82 Å². The van der Waals surface area contributed by atoms with Gasteiger partial charge in [0, 0.05) is 29.1 Å². The van der Waals surface area contributed by atoms with Crippen LogP contribution in [0, 0.1) is 5.82 Å². The number of hydrogen-bond donors (Lipinski definition) is 1. The highest BCUT2D eigenvalue weighted by atomic mass is 19.1. The number of aliphatic hydroxyl groups excluding tert-OH is 1. The van der Waals surface area contributed by atoms with E-state index in [1.54, 1.807) is 12.1 Å². The highest BCUT2D eigenvalue weighted by Gasteiger charge is 2.24. The van der Waals surface area contributed by atoms with E-state index in [1.807, 2.05) is 0 Å². The third-order valence-corrected chi connectivity index (χ3v) is 5.01. The maximum atomic E-state index is 13.2. The van der Waals surface area contributed by atoms with Crippen molar-refractivity contribution in [2.75, 3.05) is 0 Å². The summed E-state index contributed by atoms with van der Waals surface area (Å²) in [6.45, 7) is 4.39. The van der Waals surface area contributed by atoms with Crippen LogP contribution in [-0.2, 0) is 6.61 Å². The van der Waals surface area contributed by atoms with Crippen LogP contribution in [-0.4, -0.2) is 9.67 Å². The third kappa shape index (κ3) is 3.20. The van der Waals surface area contributed by atoms with Crippen LogP contribution in [0.15, 0.2) is 30.5 Å². The molecule has 3 heteroatoms. The van der Waals surface area contributed by atoms with Gasteiger partial charge in [-0.1, -0.05) is 45.2 Å². The molecule has 0 spiro atoms. The van der Waals surface area contributed by atoms with Crippen molar-refractivity contribution in [1.29, 1.82) is 0 Å². The Balaban J connectivity index is 2.10. The molecule has 124 valence electrons. The van der Waals surface area contributed by atoms with E-state index in [0.29, 0.717) is 12.0 Å². The standard InChI is InChI=1S/C20H26FNO/c1-14(2)20-19(13-23)18(15-8-10-16(21)11-9-15)12-22(20)17-6-4-3-5-7-17/h8-12,14,17,23H,3-7,13H2,1-2H3. The van der Waals surface area contributed by atoms with E-state index < -0.39 is 0 Å². The van der Waals surface area contributed by atoms with Gasteiger partial charge in [0.05, 0.1) is 6.61 Å². The van der Waals surface area contributed by atoms with Crippen LogP contribution < -0.4 is 0 Å². The SMILES string of the molecule is CC(C)c1c(CO)c(-c2ccc(F)cc2)cn1C1CCCCC1. The van der Waals surface area contributed by atoms with E-state index in [0.717, 1.165) is 16.7 Å². The van der Waals surface area contributed by atoms with Crippen LogP contribution in [0.3, 0.4) is 0 Å². The Labute approximate surface area is 138 Å². The zero-order valence-electron chi connectivity index (χ0n) is 14.1. The van der Waals surface area contributed by atoms with Crippen molar-refractivity contribution in [2.45, 2.75) is 64.5 Å². The first kappa shape index (κ1) is 16.3. The molecular formula is C20H26FNO. The minimum atomic E-state index is -0.227. The van der Waals surface area contributed by atoms with Crippen molar-refractivity contribution < 1.29 is 9.50 Å². The van der Waals surface area contributed by atoms with Crippen LogP contribution in [0.2, 0.25) is 0 Å². The Hall–Kier alpha value is -1.61. The Bertz CT molecular complexity index is 651. The fraction of sp³-hybridized carbons (Fsp3) is 0.500. The molecule has 1 aliphatic rings. The molecule has 1 fully saturated rings. The van der Waals surface area contributed by atoms with E-state index in [2.05, 4.69) is 24.6 Å². The molecule has 0 aliphatic heterocycles. The first-order valence-electron chi connectivity index (χ1n) is 8.72. The van der Waals surface area contributed by atoms with E-state index in [1.165, 1.54) is 49.9 Å². The molecule has 1 aliphatic carbocycles. The molecule has 0 bridgehead atoms. The molecule has 23 heavy (non-hydrogen) atoms. The normalized spacial score (nSPS) is 16.2. The van der Waals surface area contributed by atoms with Gasteiger partial charge < -0.3 is 9.67 Å².